The van der Waals surface area contributed by atoms with E-state index in [1.54, 1.807) is 7.11 Å². The number of hydrogen-bond donors (Lipinski definition) is 2. The molecule has 13 heavy (non-hydrogen) atoms. The minimum atomic E-state index is 0.0480. The van der Waals surface area contributed by atoms with Gasteiger partial charge >= 0.3 is 0 Å². The van der Waals surface area contributed by atoms with Crippen molar-refractivity contribution in [2.75, 3.05) is 19.5 Å². The van der Waals surface area contributed by atoms with Crippen LogP contribution in [-0.4, -0.2) is 19.8 Å². The summed E-state index contributed by atoms with van der Waals surface area (Å²) >= 11 is 0. The van der Waals surface area contributed by atoms with E-state index in [1.165, 1.54) is 0 Å². The number of anilines is 1. The molecule has 0 heterocycles. The normalized spacial score (nSPS) is 12.8. The molecular weight excluding hydrogens is 164 g/mol. The van der Waals surface area contributed by atoms with Crippen LogP contribution in [0.1, 0.15) is 5.56 Å². The van der Waals surface area contributed by atoms with Gasteiger partial charge in [0.25, 0.3) is 0 Å². The fourth-order valence-electron chi connectivity index (χ4n) is 1.30. The van der Waals surface area contributed by atoms with Crippen molar-refractivity contribution in [1.82, 2.24) is 0 Å². The van der Waals surface area contributed by atoms with Crippen molar-refractivity contribution in [3.63, 3.8) is 0 Å². The van der Waals surface area contributed by atoms with Crippen LogP contribution in [0.5, 0.6) is 0 Å². The van der Waals surface area contributed by atoms with Gasteiger partial charge in [0.05, 0.1) is 6.61 Å². The van der Waals surface area contributed by atoms with Crippen LogP contribution in [-0.2, 0) is 11.2 Å². The lowest BCUT2D eigenvalue weighted by Gasteiger charge is -2.10. The standard InChI is InChI=1S/C10H16N2O/c1-13-7-10(12)6-8-3-2-4-9(11)5-8/h2-5,10H,6-7,11-12H2,1H3. The van der Waals surface area contributed by atoms with E-state index in [4.69, 9.17) is 16.2 Å². The lowest BCUT2D eigenvalue weighted by atomic mass is 10.1. The van der Waals surface area contributed by atoms with Crippen LogP contribution in [0.2, 0.25) is 0 Å². The molecule has 3 heteroatoms. The summed E-state index contributed by atoms with van der Waals surface area (Å²) < 4.78 is 4.95. The molecule has 1 aromatic carbocycles. The van der Waals surface area contributed by atoms with Crippen LogP contribution in [0.3, 0.4) is 0 Å². The van der Waals surface area contributed by atoms with Crippen molar-refractivity contribution in [2.45, 2.75) is 12.5 Å². The third-order valence-corrected chi connectivity index (χ3v) is 1.83. The van der Waals surface area contributed by atoms with E-state index < -0.39 is 0 Å². The molecule has 1 unspecified atom stereocenters. The van der Waals surface area contributed by atoms with E-state index in [1.807, 2.05) is 24.3 Å². The molecule has 0 aliphatic heterocycles. The number of methoxy groups -OCH3 is 1. The Bertz CT molecular complexity index is 263. The molecule has 72 valence electrons. The minimum Gasteiger partial charge on any atom is -0.399 e. The monoisotopic (exact) mass is 180 g/mol. The average molecular weight is 180 g/mol. The minimum absolute atomic E-state index is 0.0480. The molecule has 1 rings (SSSR count). The zero-order chi connectivity index (χ0) is 9.68. The Labute approximate surface area is 78.7 Å². The second-order valence-corrected chi connectivity index (χ2v) is 3.16. The van der Waals surface area contributed by atoms with E-state index in [0.717, 1.165) is 17.7 Å². The fraction of sp³-hybridized carbons (Fsp3) is 0.400. The molecule has 0 spiro atoms. The Morgan fingerprint density at radius 1 is 1.46 bits per heavy atom. The van der Waals surface area contributed by atoms with Crippen molar-refractivity contribution in [3.8, 4) is 0 Å². The smallest absolute Gasteiger partial charge is 0.0616 e. The van der Waals surface area contributed by atoms with Gasteiger partial charge < -0.3 is 16.2 Å². The maximum absolute atomic E-state index is 5.80. The van der Waals surface area contributed by atoms with Crippen LogP contribution in [0.15, 0.2) is 24.3 Å². The first-order valence-corrected chi connectivity index (χ1v) is 4.31. The van der Waals surface area contributed by atoms with Crippen LogP contribution in [0, 0.1) is 0 Å². The maximum atomic E-state index is 5.80. The first-order chi connectivity index (χ1) is 6.22. The second-order valence-electron chi connectivity index (χ2n) is 3.16. The van der Waals surface area contributed by atoms with Crippen LogP contribution in [0.4, 0.5) is 5.69 Å². The zero-order valence-electron chi connectivity index (χ0n) is 7.86. The van der Waals surface area contributed by atoms with Gasteiger partial charge in [-0.05, 0) is 24.1 Å². The largest absolute Gasteiger partial charge is 0.399 e. The Morgan fingerprint density at radius 2 is 2.23 bits per heavy atom. The van der Waals surface area contributed by atoms with Crippen LogP contribution < -0.4 is 11.5 Å². The molecule has 1 atom stereocenters. The summed E-state index contributed by atoms with van der Waals surface area (Å²) in [6.45, 7) is 0.578. The molecule has 0 aromatic heterocycles. The predicted molar refractivity (Wildman–Crippen MR) is 54.4 cm³/mol. The van der Waals surface area contributed by atoms with E-state index in [-0.39, 0.29) is 6.04 Å². The van der Waals surface area contributed by atoms with Gasteiger partial charge in [-0.1, -0.05) is 12.1 Å². The van der Waals surface area contributed by atoms with Crippen molar-refractivity contribution in [2.24, 2.45) is 5.73 Å². The maximum Gasteiger partial charge on any atom is 0.0616 e. The van der Waals surface area contributed by atoms with Crippen LogP contribution in [0.25, 0.3) is 0 Å². The number of ether oxygens (including phenoxy) is 1. The SMILES string of the molecule is COCC(N)Cc1cccc(N)c1. The van der Waals surface area contributed by atoms with Gasteiger partial charge in [0.15, 0.2) is 0 Å². The van der Waals surface area contributed by atoms with E-state index in [9.17, 15) is 0 Å². The van der Waals surface area contributed by atoms with Crippen molar-refractivity contribution < 1.29 is 4.74 Å². The van der Waals surface area contributed by atoms with Crippen molar-refractivity contribution >= 4 is 5.69 Å². The molecule has 0 saturated carbocycles. The Morgan fingerprint density at radius 3 is 2.85 bits per heavy atom. The van der Waals surface area contributed by atoms with Gasteiger partial charge in [-0.15, -0.1) is 0 Å². The first-order valence-electron chi connectivity index (χ1n) is 4.31. The first kappa shape index (κ1) is 10.0. The Kier molecular flexibility index (Phi) is 3.73. The van der Waals surface area contributed by atoms with E-state index in [0.29, 0.717) is 6.61 Å². The molecule has 0 bridgehead atoms. The highest BCUT2D eigenvalue weighted by molar-refractivity contribution is 5.40. The molecule has 4 N–H and O–H groups in total. The van der Waals surface area contributed by atoms with Crippen molar-refractivity contribution in [3.05, 3.63) is 29.8 Å². The summed E-state index contributed by atoms with van der Waals surface area (Å²) in [6.07, 6.45) is 0.804. The summed E-state index contributed by atoms with van der Waals surface area (Å²) in [4.78, 5) is 0. The summed E-state index contributed by atoms with van der Waals surface area (Å²) in [5, 5.41) is 0. The fourth-order valence-corrected chi connectivity index (χ4v) is 1.30. The molecule has 0 amide bonds. The molecule has 0 saturated heterocycles. The van der Waals surface area contributed by atoms with Crippen molar-refractivity contribution in [1.29, 1.82) is 0 Å². The lowest BCUT2D eigenvalue weighted by molar-refractivity contribution is 0.180. The van der Waals surface area contributed by atoms with E-state index in [2.05, 4.69) is 0 Å². The highest BCUT2D eigenvalue weighted by Crippen LogP contribution is 2.08. The highest BCUT2D eigenvalue weighted by atomic mass is 16.5. The molecule has 0 aliphatic carbocycles. The van der Waals surface area contributed by atoms with Gasteiger partial charge in [-0.25, -0.2) is 0 Å². The van der Waals surface area contributed by atoms with Crippen LogP contribution >= 0.6 is 0 Å². The van der Waals surface area contributed by atoms with E-state index >= 15 is 0 Å². The Hall–Kier alpha value is -1.06. The molecule has 1 aromatic rings. The predicted octanol–water partition coefficient (Wildman–Crippen LogP) is 0.785. The zero-order valence-corrected chi connectivity index (χ0v) is 7.86. The number of benzene rings is 1. The average Bonchev–Trinajstić information content (AvgIpc) is 2.04. The van der Waals surface area contributed by atoms with Gasteiger partial charge in [-0.3, -0.25) is 0 Å². The highest BCUT2D eigenvalue weighted by Gasteiger charge is 2.02. The number of nitrogens with two attached hydrogens (primary N) is 2. The van der Waals surface area contributed by atoms with Gasteiger partial charge in [0, 0.05) is 18.8 Å². The topological polar surface area (TPSA) is 61.3 Å². The number of hydrogen-bond acceptors (Lipinski definition) is 3. The quantitative estimate of drug-likeness (QED) is 0.673. The lowest BCUT2D eigenvalue weighted by Crippen LogP contribution is -2.27. The molecule has 0 fully saturated rings. The third-order valence-electron chi connectivity index (χ3n) is 1.83. The number of rotatable bonds is 4. The molecular formula is C10H16N2O. The Balaban J connectivity index is 2.53. The summed E-state index contributed by atoms with van der Waals surface area (Å²) in [7, 11) is 1.65. The summed E-state index contributed by atoms with van der Waals surface area (Å²) in [6, 6.07) is 7.81. The van der Waals surface area contributed by atoms with Gasteiger partial charge in [0.2, 0.25) is 0 Å². The summed E-state index contributed by atoms with van der Waals surface area (Å²) in [5.74, 6) is 0. The van der Waals surface area contributed by atoms with Gasteiger partial charge in [0.1, 0.15) is 0 Å². The molecule has 0 radical (unpaired) electrons. The molecule has 3 nitrogen and oxygen atoms in total. The third kappa shape index (κ3) is 3.44. The second kappa shape index (κ2) is 4.84. The number of nitrogen functional groups attached to an aromatic ring is 1. The van der Waals surface area contributed by atoms with Gasteiger partial charge in [-0.2, -0.15) is 0 Å². The summed E-state index contributed by atoms with van der Waals surface area (Å²) in [5.41, 5.74) is 13.4. The molecule has 0 aliphatic rings.